The molecule has 3 nitrogen and oxygen atoms in total. The number of hydrogen-bond donors (Lipinski definition) is 1. The fourth-order valence-corrected chi connectivity index (χ4v) is 2.35. The maximum absolute atomic E-state index is 13.6. The molecule has 2 unspecified atom stereocenters. The number of methoxy groups -OCH3 is 1. The zero-order valence-corrected chi connectivity index (χ0v) is 12.9. The molecular formula is C16H26FNO2. The lowest BCUT2D eigenvalue weighted by Crippen LogP contribution is -2.34. The van der Waals surface area contributed by atoms with Gasteiger partial charge >= 0.3 is 0 Å². The fourth-order valence-electron chi connectivity index (χ4n) is 2.35. The highest BCUT2D eigenvalue weighted by Gasteiger charge is 2.25. The van der Waals surface area contributed by atoms with Crippen molar-refractivity contribution in [1.82, 2.24) is 5.32 Å². The highest BCUT2D eigenvalue weighted by molar-refractivity contribution is 5.37. The summed E-state index contributed by atoms with van der Waals surface area (Å²) in [7, 11) is 1.61. The van der Waals surface area contributed by atoms with Gasteiger partial charge in [-0.15, -0.1) is 0 Å². The Morgan fingerprint density at radius 2 is 2.00 bits per heavy atom. The van der Waals surface area contributed by atoms with Crippen LogP contribution in [0.4, 0.5) is 4.39 Å². The fraction of sp³-hybridized carbons (Fsp3) is 0.625. The third-order valence-electron chi connectivity index (χ3n) is 3.30. The Kier molecular flexibility index (Phi) is 7.55. The Bertz CT molecular complexity index is 398. The number of rotatable bonds is 9. The van der Waals surface area contributed by atoms with Crippen molar-refractivity contribution >= 4 is 0 Å². The minimum absolute atomic E-state index is 0.00208. The smallest absolute Gasteiger partial charge is 0.123 e. The lowest BCUT2D eigenvalue weighted by Gasteiger charge is -2.28. The van der Waals surface area contributed by atoms with Crippen molar-refractivity contribution in [2.45, 2.75) is 45.8 Å². The van der Waals surface area contributed by atoms with Crippen LogP contribution in [0.2, 0.25) is 0 Å². The molecular weight excluding hydrogens is 257 g/mol. The third kappa shape index (κ3) is 4.46. The molecule has 0 heterocycles. The molecule has 0 aliphatic heterocycles. The van der Waals surface area contributed by atoms with Gasteiger partial charge in [-0.05, 0) is 44.5 Å². The van der Waals surface area contributed by atoms with Gasteiger partial charge in [-0.3, -0.25) is 0 Å². The molecule has 1 rings (SSSR count). The van der Waals surface area contributed by atoms with Crippen molar-refractivity contribution in [3.63, 3.8) is 0 Å². The van der Waals surface area contributed by atoms with Gasteiger partial charge in [-0.1, -0.05) is 13.8 Å². The third-order valence-corrected chi connectivity index (χ3v) is 3.30. The Labute approximate surface area is 121 Å². The van der Waals surface area contributed by atoms with Gasteiger partial charge in [0.25, 0.3) is 0 Å². The zero-order valence-electron chi connectivity index (χ0n) is 12.9. The quantitative estimate of drug-likeness (QED) is 0.749. The highest BCUT2D eigenvalue weighted by Crippen LogP contribution is 2.30. The van der Waals surface area contributed by atoms with Crippen LogP contribution in [0.5, 0.6) is 5.75 Å². The van der Waals surface area contributed by atoms with E-state index in [1.807, 2.05) is 6.92 Å². The molecule has 0 bridgehead atoms. The number of hydrogen-bond acceptors (Lipinski definition) is 3. The van der Waals surface area contributed by atoms with E-state index in [0.717, 1.165) is 24.9 Å². The molecule has 0 fully saturated rings. The Morgan fingerprint density at radius 3 is 2.55 bits per heavy atom. The summed E-state index contributed by atoms with van der Waals surface area (Å²) in [6.45, 7) is 7.65. The molecule has 1 aromatic rings. The SMILES string of the molecule is CCCNC(c1cc(F)ccc1OC)C(CC)OCC. The average molecular weight is 283 g/mol. The lowest BCUT2D eigenvalue weighted by molar-refractivity contribution is 0.0307. The molecule has 2 atom stereocenters. The lowest BCUT2D eigenvalue weighted by atomic mass is 9.98. The molecule has 0 amide bonds. The Balaban J connectivity index is 3.10. The summed E-state index contributed by atoms with van der Waals surface area (Å²) in [6, 6.07) is 4.56. The summed E-state index contributed by atoms with van der Waals surface area (Å²) >= 11 is 0. The van der Waals surface area contributed by atoms with Crippen LogP contribution in [-0.4, -0.2) is 26.4 Å². The second-order valence-electron chi connectivity index (χ2n) is 4.72. The van der Waals surface area contributed by atoms with E-state index >= 15 is 0 Å². The van der Waals surface area contributed by atoms with Gasteiger partial charge < -0.3 is 14.8 Å². The molecule has 1 aromatic carbocycles. The first-order valence-electron chi connectivity index (χ1n) is 7.36. The predicted octanol–water partition coefficient (Wildman–Crippen LogP) is 3.69. The van der Waals surface area contributed by atoms with Crippen molar-refractivity contribution in [2.24, 2.45) is 0 Å². The van der Waals surface area contributed by atoms with Crippen LogP contribution < -0.4 is 10.1 Å². The first-order chi connectivity index (χ1) is 9.67. The molecule has 20 heavy (non-hydrogen) atoms. The standard InChI is InChI=1S/C16H26FNO2/c1-5-10-18-16(14(6-2)20-7-3)13-11-12(17)8-9-15(13)19-4/h8-9,11,14,16,18H,5-7,10H2,1-4H3. The van der Waals surface area contributed by atoms with Gasteiger partial charge in [0.2, 0.25) is 0 Å². The van der Waals surface area contributed by atoms with Crippen LogP contribution >= 0.6 is 0 Å². The second kappa shape index (κ2) is 8.93. The van der Waals surface area contributed by atoms with E-state index in [1.165, 1.54) is 12.1 Å². The van der Waals surface area contributed by atoms with Crippen LogP contribution in [-0.2, 0) is 4.74 Å². The molecule has 0 spiro atoms. The monoisotopic (exact) mass is 283 g/mol. The van der Waals surface area contributed by atoms with Gasteiger partial charge in [0.1, 0.15) is 11.6 Å². The first-order valence-corrected chi connectivity index (χ1v) is 7.36. The Hall–Kier alpha value is -1.13. The van der Waals surface area contributed by atoms with Gasteiger partial charge in [-0.2, -0.15) is 0 Å². The number of nitrogens with one attached hydrogen (secondary N) is 1. The summed E-state index contributed by atoms with van der Waals surface area (Å²) < 4.78 is 24.8. The summed E-state index contributed by atoms with van der Waals surface area (Å²) in [5.41, 5.74) is 0.821. The molecule has 0 radical (unpaired) electrons. The van der Waals surface area contributed by atoms with Crippen LogP contribution in [0.1, 0.15) is 45.2 Å². The van der Waals surface area contributed by atoms with Crippen LogP contribution in [0.15, 0.2) is 18.2 Å². The largest absolute Gasteiger partial charge is 0.496 e. The minimum atomic E-state index is -0.254. The van der Waals surface area contributed by atoms with Gasteiger partial charge in [0.15, 0.2) is 0 Å². The van der Waals surface area contributed by atoms with Crippen LogP contribution in [0.25, 0.3) is 0 Å². The molecule has 1 N–H and O–H groups in total. The maximum Gasteiger partial charge on any atom is 0.123 e. The van der Waals surface area contributed by atoms with Crippen molar-refractivity contribution in [1.29, 1.82) is 0 Å². The zero-order chi connectivity index (χ0) is 15.0. The number of ether oxygens (including phenoxy) is 2. The number of benzene rings is 1. The van der Waals surface area contributed by atoms with Crippen molar-refractivity contribution in [3.8, 4) is 5.75 Å². The number of halogens is 1. The molecule has 4 heteroatoms. The van der Waals surface area contributed by atoms with Gasteiger partial charge in [-0.25, -0.2) is 4.39 Å². The molecule has 0 aliphatic rings. The average Bonchev–Trinajstić information content (AvgIpc) is 2.46. The normalized spacial score (nSPS) is 14.1. The van der Waals surface area contributed by atoms with E-state index in [-0.39, 0.29) is 18.0 Å². The summed E-state index contributed by atoms with van der Waals surface area (Å²) in [5.74, 6) is 0.439. The van der Waals surface area contributed by atoms with E-state index in [2.05, 4.69) is 19.2 Å². The van der Waals surface area contributed by atoms with E-state index < -0.39 is 0 Å². The maximum atomic E-state index is 13.6. The second-order valence-corrected chi connectivity index (χ2v) is 4.72. The van der Waals surface area contributed by atoms with Crippen molar-refractivity contribution in [3.05, 3.63) is 29.6 Å². The molecule has 0 aromatic heterocycles. The minimum Gasteiger partial charge on any atom is -0.496 e. The van der Waals surface area contributed by atoms with E-state index in [1.54, 1.807) is 13.2 Å². The molecule has 114 valence electrons. The molecule has 0 saturated carbocycles. The van der Waals surface area contributed by atoms with E-state index in [9.17, 15) is 4.39 Å². The Morgan fingerprint density at radius 1 is 1.25 bits per heavy atom. The summed E-state index contributed by atoms with van der Waals surface area (Å²) in [4.78, 5) is 0. The van der Waals surface area contributed by atoms with Crippen molar-refractivity contribution < 1.29 is 13.9 Å². The molecule has 0 aliphatic carbocycles. The predicted molar refractivity (Wildman–Crippen MR) is 79.7 cm³/mol. The van der Waals surface area contributed by atoms with Gasteiger partial charge in [0, 0.05) is 12.2 Å². The highest BCUT2D eigenvalue weighted by atomic mass is 19.1. The van der Waals surface area contributed by atoms with E-state index in [0.29, 0.717) is 12.4 Å². The van der Waals surface area contributed by atoms with Crippen LogP contribution in [0, 0.1) is 5.82 Å². The van der Waals surface area contributed by atoms with E-state index in [4.69, 9.17) is 9.47 Å². The van der Waals surface area contributed by atoms with Crippen LogP contribution in [0.3, 0.4) is 0 Å². The van der Waals surface area contributed by atoms with Crippen molar-refractivity contribution in [2.75, 3.05) is 20.3 Å². The first kappa shape index (κ1) is 16.9. The summed E-state index contributed by atoms with van der Waals surface area (Å²) in [6.07, 6.45) is 1.87. The van der Waals surface area contributed by atoms with Gasteiger partial charge in [0.05, 0.1) is 19.3 Å². The topological polar surface area (TPSA) is 30.5 Å². The summed E-state index contributed by atoms with van der Waals surface area (Å²) in [5, 5.41) is 3.45. The molecule has 0 saturated heterocycles.